The van der Waals surface area contributed by atoms with E-state index in [0.29, 0.717) is 5.92 Å². The van der Waals surface area contributed by atoms with E-state index < -0.39 is 0 Å². The third-order valence-electron chi connectivity index (χ3n) is 2.83. The average molecular weight is 271 g/mol. The third-order valence-corrected chi connectivity index (χ3v) is 3.71. The number of hydrogen-bond donors (Lipinski definition) is 1. The molecule has 0 fully saturated rings. The van der Waals surface area contributed by atoms with Crippen molar-refractivity contribution in [1.82, 2.24) is 0 Å². The standard InChI is InChI=1S/C16H17NOS/c1-12(2)13-5-7-14(8-6-13)17-10-9-15(18)16-4-3-11-19-16/h3-12,17H,1-2H3/b10-9+. The van der Waals surface area contributed by atoms with Gasteiger partial charge in [0.05, 0.1) is 4.88 Å². The molecule has 0 aliphatic heterocycles. The molecule has 2 nitrogen and oxygen atoms in total. The van der Waals surface area contributed by atoms with Gasteiger partial charge in [-0.3, -0.25) is 4.79 Å². The molecule has 2 rings (SSSR count). The molecule has 0 radical (unpaired) electrons. The zero-order valence-electron chi connectivity index (χ0n) is 11.1. The summed E-state index contributed by atoms with van der Waals surface area (Å²) in [4.78, 5) is 12.5. The fraction of sp³-hybridized carbons (Fsp3) is 0.188. The lowest BCUT2D eigenvalue weighted by molar-refractivity contribution is 0.105. The lowest BCUT2D eigenvalue weighted by Crippen LogP contribution is -1.94. The summed E-state index contributed by atoms with van der Waals surface area (Å²) >= 11 is 1.45. The summed E-state index contributed by atoms with van der Waals surface area (Å²) < 4.78 is 0. The number of thiophene rings is 1. The van der Waals surface area contributed by atoms with Gasteiger partial charge in [-0.25, -0.2) is 0 Å². The van der Waals surface area contributed by atoms with Crippen molar-refractivity contribution in [1.29, 1.82) is 0 Å². The maximum Gasteiger partial charge on any atom is 0.197 e. The molecule has 1 aromatic heterocycles. The minimum atomic E-state index is 0.0290. The zero-order chi connectivity index (χ0) is 13.7. The van der Waals surface area contributed by atoms with Crippen LogP contribution in [0.15, 0.2) is 54.1 Å². The molecule has 1 aromatic carbocycles. The lowest BCUT2D eigenvalue weighted by Gasteiger charge is -2.06. The second kappa shape index (κ2) is 6.34. The summed E-state index contributed by atoms with van der Waals surface area (Å²) in [6.45, 7) is 4.34. The molecule has 0 spiro atoms. The van der Waals surface area contributed by atoms with Gasteiger partial charge in [-0.15, -0.1) is 11.3 Å². The lowest BCUT2D eigenvalue weighted by atomic mass is 10.0. The quantitative estimate of drug-likeness (QED) is 0.632. The van der Waals surface area contributed by atoms with Gasteiger partial charge in [0.15, 0.2) is 5.78 Å². The van der Waals surface area contributed by atoms with Crippen LogP contribution in [0.25, 0.3) is 0 Å². The van der Waals surface area contributed by atoms with E-state index in [2.05, 4.69) is 31.3 Å². The Kier molecular flexibility index (Phi) is 4.53. The van der Waals surface area contributed by atoms with E-state index >= 15 is 0 Å². The van der Waals surface area contributed by atoms with Gasteiger partial charge in [0, 0.05) is 18.0 Å². The van der Waals surface area contributed by atoms with E-state index in [1.807, 2.05) is 29.6 Å². The molecule has 0 bridgehead atoms. The summed E-state index contributed by atoms with van der Waals surface area (Å²) in [7, 11) is 0. The van der Waals surface area contributed by atoms with Crippen LogP contribution in [-0.4, -0.2) is 5.78 Å². The molecule has 19 heavy (non-hydrogen) atoms. The van der Waals surface area contributed by atoms with Gasteiger partial charge in [-0.05, 0) is 35.1 Å². The van der Waals surface area contributed by atoms with E-state index in [9.17, 15) is 4.79 Å². The Hall–Kier alpha value is -1.87. The first-order valence-corrected chi connectivity index (χ1v) is 7.15. The van der Waals surface area contributed by atoms with E-state index in [-0.39, 0.29) is 5.78 Å². The molecule has 0 aliphatic carbocycles. The first kappa shape index (κ1) is 13.6. The first-order chi connectivity index (χ1) is 9.16. The fourth-order valence-electron chi connectivity index (χ4n) is 1.68. The summed E-state index contributed by atoms with van der Waals surface area (Å²) in [5.74, 6) is 0.561. The first-order valence-electron chi connectivity index (χ1n) is 6.27. The summed E-state index contributed by atoms with van der Waals surface area (Å²) in [6.07, 6.45) is 3.24. The van der Waals surface area contributed by atoms with E-state index in [1.54, 1.807) is 12.3 Å². The highest BCUT2D eigenvalue weighted by Gasteiger charge is 2.01. The van der Waals surface area contributed by atoms with E-state index in [4.69, 9.17) is 0 Å². The molecule has 0 aliphatic rings. The molecule has 98 valence electrons. The number of hydrogen-bond acceptors (Lipinski definition) is 3. The van der Waals surface area contributed by atoms with Crippen LogP contribution in [0.5, 0.6) is 0 Å². The minimum absolute atomic E-state index is 0.0290. The molecule has 0 saturated heterocycles. The topological polar surface area (TPSA) is 29.1 Å². The van der Waals surface area contributed by atoms with Gasteiger partial charge < -0.3 is 5.32 Å². The Labute approximate surface area is 117 Å². The summed E-state index contributed by atoms with van der Waals surface area (Å²) in [5, 5.41) is 5.01. The van der Waals surface area contributed by atoms with Crippen LogP contribution in [-0.2, 0) is 0 Å². The average Bonchev–Trinajstić information content (AvgIpc) is 2.93. The van der Waals surface area contributed by atoms with Gasteiger partial charge in [0.2, 0.25) is 0 Å². The van der Waals surface area contributed by atoms with Gasteiger partial charge in [-0.2, -0.15) is 0 Å². The second-order valence-corrected chi connectivity index (χ2v) is 5.54. The van der Waals surface area contributed by atoms with Crippen LogP contribution in [0.1, 0.15) is 35.0 Å². The van der Waals surface area contributed by atoms with Crippen molar-refractivity contribution in [3.05, 3.63) is 64.5 Å². The molecule has 0 amide bonds. The number of benzene rings is 1. The van der Waals surface area contributed by atoms with E-state index in [0.717, 1.165) is 10.6 Å². The number of carbonyl (C=O) groups is 1. The second-order valence-electron chi connectivity index (χ2n) is 4.60. The number of rotatable bonds is 5. The van der Waals surface area contributed by atoms with Crippen molar-refractivity contribution in [3.8, 4) is 0 Å². The number of nitrogens with one attached hydrogen (secondary N) is 1. The molecule has 0 unspecified atom stereocenters. The molecular formula is C16H17NOS. The van der Waals surface area contributed by atoms with Crippen molar-refractivity contribution < 1.29 is 4.79 Å². The van der Waals surface area contributed by atoms with Crippen LogP contribution in [0.3, 0.4) is 0 Å². The summed E-state index contributed by atoms with van der Waals surface area (Å²) in [5.41, 5.74) is 2.30. The molecular weight excluding hydrogens is 254 g/mol. The number of allylic oxidation sites excluding steroid dienone is 1. The molecule has 2 aromatic rings. The molecule has 3 heteroatoms. The van der Waals surface area contributed by atoms with Crippen molar-refractivity contribution in [2.75, 3.05) is 5.32 Å². The van der Waals surface area contributed by atoms with Crippen molar-refractivity contribution in [2.24, 2.45) is 0 Å². The predicted octanol–water partition coefficient (Wildman–Crippen LogP) is 4.68. The maximum atomic E-state index is 11.7. The highest BCUT2D eigenvalue weighted by atomic mass is 32.1. The van der Waals surface area contributed by atoms with Crippen LogP contribution < -0.4 is 5.32 Å². The smallest absolute Gasteiger partial charge is 0.197 e. The zero-order valence-corrected chi connectivity index (χ0v) is 11.9. The minimum Gasteiger partial charge on any atom is -0.362 e. The van der Waals surface area contributed by atoms with Gasteiger partial charge in [0.25, 0.3) is 0 Å². The number of carbonyl (C=O) groups excluding carboxylic acids is 1. The number of ketones is 1. The Balaban J connectivity index is 1.93. The molecule has 1 N–H and O–H groups in total. The SMILES string of the molecule is CC(C)c1ccc(N/C=C/C(=O)c2cccs2)cc1. The maximum absolute atomic E-state index is 11.7. The van der Waals surface area contributed by atoms with Gasteiger partial charge in [0.1, 0.15) is 0 Å². The largest absolute Gasteiger partial charge is 0.362 e. The Morgan fingerprint density at radius 1 is 1.21 bits per heavy atom. The Bertz CT molecular complexity index is 553. The van der Waals surface area contributed by atoms with Crippen LogP contribution >= 0.6 is 11.3 Å². The highest BCUT2D eigenvalue weighted by Crippen LogP contribution is 2.17. The summed E-state index contributed by atoms with van der Waals surface area (Å²) in [6, 6.07) is 12.0. The highest BCUT2D eigenvalue weighted by molar-refractivity contribution is 7.12. The predicted molar refractivity (Wildman–Crippen MR) is 81.9 cm³/mol. The Morgan fingerprint density at radius 3 is 2.53 bits per heavy atom. The number of anilines is 1. The Morgan fingerprint density at radius 2 is 1.95 bits per heavy atom. The van der Waals surface area contributed by atoms with Crippen LogP contribution in [0.4, 0.5) is 5.69 Å². The van der Waals surface area contributed by atoms with Gasteiger partial charge >= 0.3 is 0 Å². The van der Waals surface area contributed by atoms with Gasteiger partial charge in [-0.1, -0.05) is 32.0 Å². The molecule has 0 saturated carbocycles. The monoisotopic (exact) mass is 271 g/mol. The fourth-order valence-corrected chi connectivity index (χ4v) is 2.32. The van der Waals surface area contributed by atoms with Crippen molar-refractivity contribution in [3.63, 3.8) is 0 Å². The van der Waals surface area contributed by atoms with Crippen molar-refractivity contribution >= 4 is 22.8 Å². The normalized spacial score (nSPS) is 11.1. The van der Waals surface area contributed by atoms with E-state index in [1.165, 1.54) is 16.9 Å². The third kappa shape index (κ3) is 3.80. The molecule has 0 atom stereocenters. The molecule has 1 heterocycles. The van der Waals surface area contributed by atoms with Crippen molar-refractivity contribution in [2.45, 2.75) is 19.8 Å². The van der Waals surface area contributed by atoms with Crippen LogP contribution in [0, 0.1) is 0 Å². The van der Waals surface area contributed by atoms with Crippen LogP contribution in [0.2, 0.25) is 0 Å².